The molecule has 0 amide bonds. The summed E-state index contributed by atoms with van der Waals surface area (Å²) >= 11 is 0. The molecular weight excluding hydrogens is 178 g/mol. The predicted octanol–water partition coefficient (Wildman–Crippen LogP) is -0.489. The number of allylic oxidation sites excluding steroid dienone is 1. The van der Waals surface area contributed by atoms with Crippen LogP contribution in [0.2, 0.25) is 0 Å². The van der Waals surface area contributed by atoms with Gasteiger partial charge in [-0.3, -0.25) is 10.7 Å². The van der Waals surface area contributed by atoms with Crippen molar-refractivity contribution in [3.8, 4) is 0 Å². The molecular formula is C9H15N5. The van der Waals surface area contributed by atoms with Gasteiger partial charge in [-0.25, -0.2) is 0 Å². The first-order valence-electron chi connectivity index (χ1n) is 4.61. The molecule has 0 saturated carbocycles. The van der Waals surface area contributed by atoms with Gasteiger partial charge < -0.3 is 15.5 Å². The van der Waals surface area contributed by atoms with Gasteiger partial charge in [-0.2, -0.15) is 0 Å². The van der Waals surface area contributed by atoms with Crippen LogP contribution in [0.1, 0.15) is 6.42 Å². The molecule has 0 bridgehead atoms. The molecule has 0 fully saturated rings. The Morgan fingerprint density at radius 3 is 3.14 bits per heavy atom. The summed E-state index contributed by atoms with van der Waals surface area (Å²) in [7, 11) is 3.72. The molecule has 0 spiro atoms. The minimum Gasteiger partial charge on any atom is -0.348 e. The van der Waals surface area contributed by atoms with Crippen molar-refractivity contribution >= 4 is 5.84 Å². The lowest BCUT2D eigenvalue weighted by molar-refractivity contribution is 0.315. The maximum absolute atomic E-state index is 5.89. The van der Waals surface area contributed by atoms with E-state index >= 15 is 0 Å². The number of hydrogen-bond donors (Lipinski definition) is 3. The van der Waals surface area contributed by atoms with Crippen LogP contribution in [-0.4, -0.2) is 31.1 Å². The summed E-state index contributed by atoms with van der Waals surface area (Å²) in [5, 5.41) is 6.31. The van der Waals surface area contributed by atoms with Crippen molar-refractivity contribution < 1.29 is 0 Å². The first kappa shape index (κ1) is 9.08. The van der Waals surface area contributed by atoms with E-state index in [1.165, 1.54) is 5.57 Å². The van der Waals surface area contributed by atoms with Crippen molar-refractivity contribution in [2.45, 2.75) is 12.7 Å². The Morgan fingerprint density at radius 2 is 2.43 bits per heavy atom. The molecule has 2 heterocycles. The van der Waals surface area contributed by atoms with Crippen molar-refractivity contribution in [1.29, 1.82) is 0 Å². The van der Waals surface area contributed by atoms with E-state index < -0.39 is 0 Å². The van der Waals surface area contributed by atoms with Crippen molar-refractivity contribution in [3.05, 3.63) is 23.7 Å². The van der Waals surface area contributed by atoms with Crippen LogP contribution < -0.4 is 16.4 Å². The fraction of sp³-hybridized carbons (Fsp3) is 0.444. The second-order valence-corrected chi connectivity index (χ2v) is 3.35. The van der Waals surface area contributed by atoms with Gasteiger partial charge in [-0.1, -0.05) is 6.08 Å². The number of rotatable bonds is 0. The Labute approximate surface area is 83.4 Å². The number of hydrogen-bond acceptors (Lipinski definition) is 4. The molecule has 2 aliphatic rings. The lowest BCUT2D eigenvalue weighted by Gasteiger charge is -2.37. The minimum absolute atomic E-state index is 0.216. The van der Waals surface area contributed by atoms with Crippen molar-refractivity contribution in [2.75, 3.05) is 14.1 Å². The number of nitrogens with one attached hydrogen (secondary N) is 2. The second-order valence-electron chi connectivity index (χ2n) is 3.35. The number of dihydropyridines is 1. The average Bonchev–Trinajstić information content (AvgIpc) is 2.20. The van der Waals surface area contributed by atoms with E-state index in [2.05, 4.69) is 21.7 Å². The third-order valence-corrected chi connectivity index (χ3v) is 2.49. The molecule has 0 aromatic carbocycles. The molecule has 0 aromatic rings. The summed E-state index contributed by atoms with van der Waals surface area (Å²) in [6.07, 6.45) is 4.65. The zero-order chi connectivity index (χ0) is 10.1. The minimum atomic E-state index is -0.216. The van der Waals surface area contributed by atoms with Gasteiger partial charge in [0.15, 0.2) is 6.29 Å². The van der Waals surface area contributed by atoms with E-state index in [0.717, 1.165) is 18.1 Å². The third-order valence-electron chi connectivity index (χ3n) is 2.49. The van der Waals surface area contributed by atoms with Gasteiger partial charge in [0.1, 0.15) is 11.7 Å². The predicted molar refractivity (Wildman–Crippen MR) is 56.2 cm³/mol. The van der Waals surface area contributed by atoms with Crippen LogP contribution >= 0.6 is 0 Å². The van der Waals surface area contributed by atoms with Gasteiger partial charge in [0.2, 0.25) is 0 Å². The van der Waals surface area contributed by atoms with E-state index in [0.29, 0.717) is 0 Å². The van der Waals surface area contributed by atoms with E-state index in [-0.39, 0.29) is 6.29 Å². The van der Waals surface area contributed by atoms with E-state index in [4.69, 9.17) is 5.73 Å². The standard InChI is InChI=1S/C9H15N5/c1-11-8-6-4-3-5-12-7(6)13-9(10)14(8)2/h3,5,9,12-13H,4,10H2,1-2H3. The van der Waals surface area contributed by atoms with Crippen LogP contribution in [0.25, 0.3) is 0 Å². The first-order chi connectivity index (χ1) is 6.74. The average molecular weight is 193 g/mol. The Morgan fingerprint density at radius 1 is 1.64 bits per heavy atom. The maximum atomic E-state index is 5.89. The lowest BCUT2D eigenvalue weighted by Crippen LogP contribution is -2.58. The summed E-state index contributed by atoms with van der Waals surface area (Å²) in [5.41, 5.74) is 7.05. The molecule has 1 unspecified atom stereocenters. The molecule has 5 heteroatoms. The zero-order valence-corrected chi connectivity index (χ0v) is 8.41. The molecule has 2 aliphatic heterocycles. The van der Waals surface area contributed by atoms with E-state index in [1.54, 1.807) is 7.05 Å². The third kappa shape index (κ3) is 1.26. The molecule has 0 radical (unpaired) electrons. The van der Waals surface area contributed by atoms with Crippen molar-refractivity contribution in [1.82, 2.24) is 15.5 Å². The Balaban J connectivity index is 2.38. The normalized spacial score (nSPS) is 28.6. The smallest absolute Gasteiger partial charge is 0.154 e. The second kappa shape index (κ2) is 3.34. The first-order valence-corrected chi connectivity index (χ1v) is 4.61. The highest BCUT2D eigenvalue weighted by molar-refractivity contribution is 6.00. The number of nitrogens with two attached hydrogens (primary N) is 1. The van der Waals surface area contributed by atoms with Gasteiger partial charge >= 0.3 is 0 Å². The molecule has 76 valence electrons. The summed E-state index contributed by atoms with van der Waals surface area (Å²) < 4.78 is 0. The number of nitrogens with zero attached hydrogens (tertiary/aromatic N) is 2. The Kier molecular flexibility index (Phi) is 2.17. The molecule has 2 rings (SSSR count). The SMILES string of the molecule is CN=C1C2=C(NC=CC2)NC(N)N1C. The number of aliphatic imine (C=N–C) groups is 1. The Hall–Kier alpha value is -1.49. The molecule has 14 heavy (non-hydrogen) atoms. The highest BCUT2D eigenvalue weighted by Crippen LogP contribution is 2.18. The van der Waals surface area contributed by atoms with Gasteiger partial charge in [0.05, 0.1) is 0 Å². The van der Waals surface area contributed by atoms with Crippen LogP contribution in [0, 0.1) is 0 Å². The molecule has 4 N–H and O–H groups in total. The zero-order valence-electron chi connectivity index (χ0n) is 8.41. The van der Waals surface area contributed by atoms with Crippen LogP contribution in [0.4, 0.5) is 0 Å². The van der Waals surface area contributed by atoms with Crippen LogP contribution in [-0.2, 0) is 0 Å². The number of likely N-dealkylation sites (N-methyl/N-ethyl adjacent to an activating group) is 1. The molecule has 0 saturated heterocycles. The fourth-order valence-corrected chi connectivity index (χ4v) is 1.72. The van der Waals surface area contributed by atoms with Crippen LogP contribution in [0.15, 0.2) is 28.7 Å². The monoisotopic (exact) mass is 193 g/mol. The molecule has 0 aliphatic carbocycles. The summed E-state index contributed by atoms with van der Waals surface area (Å²) in [4.78, 5) is 6.18. The lowest BCUT2D eigenvalue weighted by atomic mass is 10.1. The largest absolute Gasteiger partial charge is 0.348 e. The topological polar surface area (TPSA) is 65.7 Å². The highest BCUT2D eigenvalue weighted by atomic mass is 15.4. The van der Waals surface area contributed by atoms with Gasteiger partial charge in [-0.15, -0.1) is 0 Å². The quantitative estimate of drug-likeness (QED) is 0.486. The van der Waals surface area contributed by atoms with Crippen molar-refractivity contribution in [2.24, 2.45) is 10.7 Å². The number of amidine groups is 1. The van der Waals surface area contributed by atoms with E-state index in [9.17, 15) is 0 Å². The molecule has 5 nitrogen and oxygen atoms in total. The Bertz CT molecular complexity index is 325. The van der Waals surface area contributed by atoms with Gasteiger partial charge in [-0.05, 0) is 12.6 Å². The maximum Gasteiger partial charge on any atom is 0.154 e. The van der Waals surface area contributed by atoms with Crippen LogP contribution in [0.3, 0.4) is 0 Å². The van der Waals surface area contributed by atoms with E-state index in [1.807, 2.05) is 18.1 Å². The summed E-state index contributed by atoms with van der Waals surface area (Å²) in [6.45, 7) is 0. The molecule has 0 aromatic heterocycles. The van der Waals surface area contributed by atoms with Gasteiger partial charge in [0.25, 0.3) is 0 Å². The summed E-state index contributed by atoms with van der Waals surface area (Å²) in [5.74, 6) is 1.92. The fourth-order valence-electron chi connectivity index (χ4n) is 1.72. The van der Waals surface area contributed by atoms with Crippen molar-refractivity contribution in [3.63, 3.8) is 0 Å². The highest BCUT2D eigenvalue weighted by Gasteiger charge is 2.27. The summed E-state index contributed by atoms with van der Waals surface area (Å²) in [6, 6.07) is 0. The van der Waals surface area contributed by atoms with Crippen LogP contribution in [0.5, 0.6) is 0 Å². The van der Waals surface area contributed by atoms with Gasteiger partial charge in [0, 0.05) is 19.7 Å². The molecule has 1 atom stereocenters.